The van der Waals surface area contributed by atoms with Gasteiger partial charge in [-0.1, -0.05) is 13.3 Å². The second-order valence-corrected chi connectivity index (χ2v) is 4.17. The number of hydrogen-bond acceptors (Lipinski definition) is 4. The monoisotopic (exact) mass is 265 g/mol. The molecule has 1 aromatic carbocycles. The van der Waals surface area contributed by atoms with Gasteiger partial charge in [0.05, 0.1) is 12.7 Å². The number of ether oxygens (including phenoxy) is 2. The number of carbonyl (C=O) groups is 2. The Balaban J connectivity index is 2.89. The fourth-order valence-corrected chi connectivity index (χ4v) is 1.65. The van der Waals surface area contributed by atoms with Crippen LogP contribution in [-0.2, 0) is 4.79 Å². The van der Waals surface area contributed by atoms with E-state index < -0.39 is 12.0 Å². The topological polar surface area (TPSA) is 78.6 Å². The summed E-state index contributed by atoms with van der Waals surface area (Å²) in [5, 5.41) is 0. The smallest absolute Gasteiger partial charge is 0.258 e. The first-order valence-electron chi connectivity index (χ1n) is 6.21. The third kappa shape index (κ3) is 4.28. The van der Waals surface area contributed by atoms with Crippen molar-refractivity contribution in [3.05, 3.63) is 23.8 Å². The largest absolute Gasteiger partial charge is 0.497 e. The zero-order chi connectivity index (χ0) is 14.3. The fourth-order valence-electron chi connectivity index (χ4n) is 1.65. The summed E-state index contributed by atoms with van der Waals surface area (Å²) in [4.78, 5) is 22.3. The van der Waals surface area contributed by atoms with Crippen molar-refractivity contribution in [2.24, 2.45) is 5.73 Å². The normalized spacial score (nSPS) is 11.7. The van der Waals surface area contributed by atoms with Crippen LogP contribution in [0, 0.1) is 0 Å². The van der Waals surface area contributed by atoms with Crippen LogP contribution in [0.2, 0.25) is 0 Å². The van der Waals surface area contributed by atoms with Gasteiger partial charge < -0.3 is 15.2 Å². The van der Waals surface area contributed by atoms with Crippen molar-refractivity contribution in [3.8, 4) is 11.5 Å². The number of nitrogens with two attached hydrogens (primary N) is 1. The maximum absolute atomic E-state index is 11.3. The van der Waals surface area contributed by atoms with Gasteiger partial charge in [0.2, 0.25) is 0 Å². The average molecular weight is 265 g/mol. The minimum Gasteiger partial charge on any atom is -0.497 e. The van der Waals surface area contributed by atoms with Crippen LogP contribution in [0.3, 0.4) is 0 Å². The Kier molecular flexibility index (Phi) is 5.85. The zero-order valence-electron chi connectivity index (χ0n) is 11.2. The Morgan fingerprint density at radius 3 is 2.74 bits per heavy atom. The quantitative estimate of drug-likeness (QED) is 0.728. The third-order valence-electron chi connectivity index (χ3n) is 2.75. The number of aldehydes is 1. The van der Waals surface area contributed by atoms with E-state index in [0.29, 0.717) is 29.8 Å². The van der Waals surface area contributed by atoms with Gasteiger partial charge >= 0.3 is 0 Å². The zero-order valence-corrected chi connectivity index (χ0v) is 11.2. The Labute approximate surface area is 112 Å². The Bertz CT molecular complexity index is 445. The molecule has 1 unspecified atom stereocenters. The SMILES string of the molecule is CCCCC(Oc1ccc(OC)cc1C=O)C(N)=O. The van der Waals surface area contributed by atoms with Gasteiger partial charge in [-0.2, -0.15) is 0 Å². The summed E-state index contributed by atoms with van der Waals surface area (Å²) in [5.41, 5.74) is 5.63. The molecule has 0 spiro atoms. The maximum Gasteiger partial charge on any atom is 0.258 e. The molecule has 1 amide bonds. The molecule has 0 aliphatic rings. The van der Waals surface area contributed by atoms with E-state index in [4.69, 9.17) is 15.2 Å². The molecule has 104 valence electrons. The van der Waals surface area contributed by atoms with Crippen LogP contribution in [0.4, 0.5) is 0 Å². The van der Waals surface area contributed by atoms with Crippen LogP contribution in [0.15, 0.2) is 18.2 Å². The van der Waals surface area contributed by atoms with E-state index in [0.717, 1.165) is 12.8 Å². The van der Waals surface area contributed by atoms with Crippen LogP contribution in [0.5, 0.6) is 11.5 Å². The summed E-state index contributed by atoms with van der Waals surface area (Å²) in [6.07, 6.45) is 2.26. The lowest BCUT2D eigenvalue weighted by molar-refractivity contribution is -0.125. The summed E-state index contributed by atoms with van der Waals surface area (Å²) in [6.45, 7) is 2.02. The van der Waals surface area contributed by atoms with Crippen molar-refractivity contribution in [1.82, 2.24) is 0 Å². The van der Waals surface area contributed by atoms with Crippen LogP contribution in [0.25, 0.3) is 0 Å². The number of carbonyl (C=O) groups excluding carboxylic acids is 2. The summed E-state index contributed by atoms with van der Waals surface area (Å²) >= 11 is 0. The van der Waals surface area contributed by atoms with Gasteiger partial charge in [0.25, 0.3) is 5.91 Å². The number of primary amides is 1. The van der Waals surface area contributed by atoms with Gasteiger partial charge in [0.1, 0.15) is 11.5 Å². The molecular formula is C14H19NO4. The summed E-state index contributed by atoms with van der Waals surface area (Å²) < 4.78 is 10.6. The highest BCUT2D eigenvalue weighted by Gasteiger charge is 2.18. The van der Waals surface area contributed by atoms with Crippen LogP contribution in [0.1, 0.15) is 36.5 Å². The molecule has 5 heteroatoms. The fraction of sp³-hybridized carbons (Fsp3) is 0.429. The lowest BCUT2D eigenvalue weighted by Gasteiger charge is -2.17. The van der Waals surface area contributed by atoms with Gasteiger partial charge in [-0.15, -0.1) is 0 Å². The summed E-state index contributed by atoms with van der Waals surface area (Å²) in [7, 11) is 1.51. The minimum absolute atomic E-state index is 0.335. The average Bonchev–Trinajstić information content (AvgIpc) is 2.43. The lowest BCUT2D eigenvalue weighted by Crippen LogP contribution is -2.33. The molecule has 0 saturated carbocycles. The number of methoxy groups -OCH3 is 1. The van der Waals surface area contributed by atoms with E-state index in [-0.39, 0.29) is 0 Å². The highest BCUT2D eigenvalue weighted by atomic mass is 16.5. The van der Waals surface area contributed by atoms with Crippen molar-refractivity contribution < 1.29 is 19.1 Å². The molecule has 1 rings (SSSR count). The first-order valence-corrected chi connectivity index (χ1v) is 6.21. The molecule has 1 aromatic rings. The van der Waals surface area contributed by atoms with E-state index in [1.165, 1.54) is 7.11 Å². The summed E-state index contributed by atoms with van der Waals surface area (Å²) in [5.74, 6) is 0.371. The molecule has 0 aliphatic heterocycles. The number of hydrogen-bond donors (Lipinski definition) is 1. The number of rotatable bonds is 8. The number of unbranched alkanes of at least 4 members (excludes halogenated alkanes) is 1. The molecule has 0 radical (unpaired) electrons. The van der Waals surface area contributed by atoms with E-state index >= 15 is 0 Å². The van der Waals surface area contributed by atoms with Crippen LogP contribution < -0.4 is 15.2 Å². The first kappa shape index (κ1) is 15.0. The molecule has 5 nitrogen and oxygen atoms in total. The van der Waals surface area contributed by atoms with E-state index in [9.17, 15) is 9.59 Å². The number of benzene rings is 1. The van der Waals surface area contributed by atoms with Crippen molar-refractivity contribution in [1.29, 1.82) is 0 Å². The first-order chi connectivity index (χ1) is 9.12. The van der Waals surface area contributed by atoms with E-state index in [1.54, 1.807) is 18.2 Å². The molecule has 0 fully saturated rings. The van der Waals surface area contributed by atoms with Crippen molar-refractivity contribution in [2.75, 3.05) is 7.11 Å². The lowest BCUT2D eigenvalue weighted by atomic mass is 10.1. The standard InChI is InChI=1S/C14H19NO4/c1-3-4-5-13(14(15)17)19-12-7-6-11(18-2)8-10(12)9-16/h6-9,13H,3-5H2,1-2H3,(H2,15,17). The van der Waals surface area contributed by atoms with Gasteiger partial charge in [-0.3, -0.25) is 9.59 Å². The highest BCUT2D eigenvalue weighted by Crippen LogP contribution is 2.24. The highest BCUT2D eigenvalue weighted by molar-refractivity contribution is 5.82. The van der Waals surface area contributed by atoms with Gasteiger partial charge in [-0.25, -0.2) is 0 Å². The molecule has 2 N–H and O–H groups in total. The van der Waals surface area contributed by atoms with Crippen molar-refractivity contribution >= 4 is 12.2 Å². The second-order valence-electron chi connectivity index (χ2n) is 4.17. The Hall–Kier alpha value is -2.04. The Morgan fingerprint density at radius 2 is 2.21 bits per heavy atom. The van der Waals surface area contributed by atoms with E-state index in [1.807, 2.05) is 6.92 Å². The van der Waals surface area contributed by atoms with Gasteiger partial charge in [-0.05, 0) is 31.0 Å². The number of amides is 1. The predicted octanol–water partition coefficient (Wildman–Crippen LogP) is 1.93. The predicted molar refractivity (Wildman–Crippen MR) is 71.5 cm³/mol. The van der Waals surface area contributed by atoms with Crippen molar-refractivity contribution in [3.63, 3.8) is 0 Å². The molecule has 0 aliphatic carbocycles. The minimum atomic E-state index is -0.716. The molecule has 0 aromatic heterocycles. The second kappa shape index (κ2) is 7.41. The summed E-state index contributed by atoms with van der Waals surface area (Å²) in [6, 6.07) is 4.82. The van der Waals surface area contributed by atoms with Gasteiger partial charge in [0, 0.05) is 0 Å². The third-order valence-corrected chi connectivity index (χ3v) is 2.75. The molecule has 1 atom stereocenters. The molecule has 19 heavy (non-hydrogen) atoms. The van der Waals surface area contributed by atoms with Crippen LogP contribution in [-0.4, -0.2) is 25.4 Å². The maximum atomic E-state index is 11.3. The molecule has 0 heterocycles. The van der Waals surface area contributed by atoms with Gasteiger partial charge in [0.15, 0.2) is 12.4 Å². The van der Waals surface area contributed by atoms with Crippen molar-refractivity contribution in [2.45, 2.75) is 32.3 Å². The molecular weight excluding hydrogens is 246 g/mol. The van der Waals surface area contributed by atoms with Crippen LogP contribution >= 0.6 is 0 Å². The molecule has 0 saturated heterocycles. The Morgan fingerprint density at radius 1 is 1.47 bits per heavy atom. The molecule has 0 bridgehead atoms. The van der Waals surface area contributed by atoms with E-state index in [2.05, 4.69) is 0 Å².